The normalized spacial score (nSPS) is 23.7. The molecule has 1 heterocycles. The number of hydrogen-bond donors (Lipinski definition) is 1. The third kappa shape index (κ3) is 2.41. The van der Waals surface area contributed by atoms with Gasteiger partial charge in [-0.2, -0.15) is 4.98 Å². The lowest BCUT2D eigenvalue weighted by molar-refractivity contribution is 0.0596. The van der Waals surface area contributed by atoms with Gasteiger partial charge in [0, 0.05) is 11.8 Å². The average Bonchev–Trinajstić information content (AvgIpc) is 2.22. The summed E-state index contributed by atoms with van der Waals surface area (Å²) in [5.41, 5.74) is 6.40. The smallest absolute Gasteiger partial charge is 0.320 e. The van der Waals surface area contributed by atoms with Gasteiger partial charge in [-0.3, -0.25) is 0 Å². The van der Waals surface area contributed by atoms with Crippen molar-refractivity contribution in [1.82, 2.24) is 9.97 Å². The van der Waals surface area contributed by atoms with Crippen LogP contribution in [0.4, 0.5) is 0 Å². The molecule has 1 fully saturated rings. The Balaban J connectivity index is 1.97. The maximum absolute atomic E-state index is 5.65. The van der Waals surface area contributed by atoms with E-state index < -0.39 is 0 Å². The summed E-state index contributed by atoms with van der Waals surface area (Å²) in [4.78, 5) is 8.35. The second kappa shape index (κ2) is 4.65. The molecule has 0 aliphatic heterocycles. The van der Waals surface area contributed by atoms with Crippen LogP contribution in [0, 0.1) is 12.8 Å². The van der Waals surface area contributed by atoms with Crippen LogP contribution in [0.2, 0.25) is 0 Å². The Kier molecular flexibility index (Phi) is 3.24. The number of hydrogen-bond acceptors (Lipinski definition) is 5. The molecule has 0 saturated heterocycles. The van der Waals surface area contributed by atoms with Crippen molar-refractivity contribution in [3.8, 4) is 11.9 Å². The summed E-state index contributed by atoms with van der Waals surface area (Å²) in [6, 6.07) is 2.17. The van der Waals surface area contributed by atoms with Gasteiger partial charge in [0.05, 0.1) is 7.11 Å². The molecular formula is C11H17N3O2. The van der Waals surface area contributed by atoms with E-state index in [1.165, 1.54) is 0 Å². The predicted molar refractivity (Wildman–Crippen MR) is 59.5 cm³/mol. The van der Waals surface area contributed by atoms with E-state index in [4.69, 9.17) is 15.2 Å². The SMILES string of the molecule is COc1cc(C)nc(OC2CC(CN)C2)n1. The Morgan fingerprint density at radius 1 is 1.44 bits per heavy atom. The minimum Gasteiger partial charge on any atom is -0.481 e. The van der Waals surface area contributed by atoms with Crippen molar-refractivity contribution in [3.63, 3.8) is 0 Å². The van der Waals surface area contributed by atoms with Crippen molar-refractivity contribution in [2.75, 3.05) is 13.7 Å². The maximum atomic E-state index is 5.65. The fourth-order valence-electron chi connectivity index (χ4n) is 1.78. The highest BCUT2D eigenvalue weighted by molar-refractivity contribution is 5.17. The molecule has 0 spiro atoms. The van der Waals surface area contributed by atoms with Crippen molar-refractivity contribution in [3.05, 3.63) is 11.8 Å². The first-order valence-corrected chi connectivity index (χ1v) is 5.47. The molecule has 0 aromatic carbocycles. The Hall–Kier alpha value is -1.36. The quantitative estimate of drug-likeness (QED) is 0.821. The number of nitrogens with two attached hydrogens (primary N) is 1. The van der Waals surface area contributed by atoms with Crippen LogP contribution < -0.4 is 15.2 Å². The zero-order chi connectivity index (χ0) is 11.5. The van der Waals surface area contributed by atoms with E-state index in [0.717, 1.165) is 25.1 Å². The molecular weight excluding hydrogens is 206 g/mol. The number of methoxy groups -OCH3 is 1. The zero-order valence-corrected chi connectivity index (χ0v) is 9.64. The number of aryl methyl sites for hydroxylation is 1. The highest BCUT2D eigenvalue weighted by Crippen LogP contribution is 2.29. The topological polar surface area (TPSA) is 70.3 Å². The molecule has 2 N–H and O–H groups in total. The minimum atomic E-state index is 0.208. The first kappa shape index (κ1) is 11.1. The molecule has 1 saturated carbocycles. The summed E-state index contributed by atoms with van der Waals surface area (Å²) in [7, 11) is 1.58. The van der Waals surface area contributed by atoms with Gasteiger partial charge in [0.25, 0.3) is 0 Å². The van der Waals surface area contributed by atoms with Gasteiger partial charge in [-0.25, -0.2) is 4.98 Å². The number of ether oxygens (including phenoxy) is 2. The van der Waals surface area contributed by atoms with Crippen molar-refractivity contribution < 1.29 is 9.47 Å². The highest BCUT2D eigenvalue weighted by atomic mass is 16.5. The summed E-state index contributed by atoms with van der Waals surface area (Å²) < 4.78 is 10.7. The number of rotatable bonds is 4. The molecule has 0 atom stereocenters. The second-order valence-electron chi connectivity index (χ2n) is 4.15. The lowest BCUT2D eigenvalue weighted by Gasteiger charge is -2.33. The number of nitrogens with zero attached hydrogens (tertiary/aromatic N) is 2. The van der Waals surface area contributed by atoms with Gasteiger partial charge >= 0.3 is 6.01 Å². The van der Waals surface area contributed by atoms with Crippen LogP contribution in [0.5, 0.6) is 11.9 Å². The first-order valence-electron chi connectivity index (χ1n) is 5.47. The van der Waals surface area contributed by atoms with Gasteiger partial charge in [0.1, 0.15) is 6.10 Å². The van der Waals surface area contributed by atoms with E-state index in [-0.39, 0.29) is 6.10 Å². The van der Waals surface area contributed by atoms with Gasteiger partial charge in [-0.15, -0.1) is 0 Å². The molecule has 2 rings (SSSR count). The molecule has 1 aromatic rings. The molecule has 5 heteroatoms. The monoisotopic (exact) mass is 223 g/mol. The van der Waals surface area contributed by atoms with Crippen molar-refractivity contribution >= 4 is 0 Å². The summed E-state index contributed by atoms with van der Waals surface area (Å²) in [6.07, 6.45) is 2.20. The van der Waals surface area contributed by atoms with Crippen molar-refractivity contribution in [2.24, 2.45) is 11.7 Å². The molecule has 0 unspecified atom stereocenters. The van der Waals surface area contributed by atoms with Crippen molar-refractivity contribution in [1.29, 1.82) is 0 Å². The molecule has 1 aliphatic carbocycles. The van der Waals surface area contributed by atoms with Crippen LogP contribution in [0.3, 0.4) is 0 Å². The fraction of sp³-hybridized carbons (Fsp3) is 0.636. The van der Waals surface area contributed by atoms with E-state index in [1.54, 1.807) is 13.2 Å². The van der Waals surface area contributed by atoms with Crippen LogP contribution in [-0.2, 0) is 0 Å². The molecule has 0 radical (unpaired) electrons. The molecule has 88 valence electrons. The standard InChI is InChI=1S/C11H17N3O2/c1-7-3-10(15-2)14-11(13-7)16-9-4-8(5-9)6-12/h3,8-9H,4-6,12H2,1-2H3. The third-order valence-corrected chi connectivity index (χ3v) is 2.82. The third-order valence-electron chi connectivity index (χ3n) is 2.82. The van der Waals surface area contributed by atoms with Gasteiger partial charge in [0.2, 0.25) is 5.88 Å². The van der Waals surface area contributed by atoms with Crippen molar-refractivity contribution in [2.45, 2.75) is 25.9 Å². The average molecular weight is 223 g/mol. The van der Waals surface area contributed by atoms with Crippen LogP contribution >= 0.6 is 0 Å². The molecule has 0 bridgehead atoms. The van der Waals surface area contributed by atoms with E-state index in [0.29, 0.717) is 17.8 Å². The van der Waals surface area contributed by atoms with Gasteiger partial charge in [-0.1, -0.05) is 0 Å². The number of aromatic nitrogens is 2. The molecule has 1 aliphatic rings. The summed E-state index contributed by atoms with van der Waals surface area (Å²) >= 11 is 0. The van der Waals surface area contributed by atoms with E-state index in [9.17, 15) is 0 Å². The fourth-order valence-corrected chi connectivity index (χ4v) is 1.78. The van der Waals surface area contributed by atoms with Gasteiger partial charge in [-0.05, 0) is 32.2 Å². The molecule has 1 aromatic heterocycles. The van der Waals surface area contributed by atoms with E-state index in [1.807, 2.05) is 6.92 Å². The van der Waals surface area contributed by atoms with Crippen LogP contribution in [0.15, 0.2) is 6.07 Å². The molecule has 5 nitrogen and oxygen atoms in total. The second-order valence-corrected chi connectivity index (χ2v) is 4.15. The Labute approximate surface area is 95.0 Å². The van der Waals surface area contributed by atoms with Gasteiger partial charge < -0.3 is 15.2 Å². The zero-order valence-electron chi connectivity index (χ0n) is 9.64. The van der Waals surface area contributed by atoms with Crippen LogP contribution in [-0.4, -0.2) is 29.7 Å². The summed E-state index contributed by atoms with van der Waals surface area (Å²) in [5, 5.41) is 0. The molecule has 16 heavy (non-hydrogen) atoms. The lowest BCUT2D eigenvalue weighted by atomic mass is 9.82. The lowest BCUT2D eigenvalue weighted by Crippen LogP contribution is -2.38. The minimum absolute atomic E-state index is 0.208. The Morgan fingerprint density at radius 2 is 2.19 bits per heavy atom. The first-order chi connectivity index (χ1) is 7.71. The van der Waals surface area contributed by atoms with E-state index in [2.05, 4.69) is 9.97 Å². The van der Waals surface area contributed by atoms with Crippen LogP contribution in [0.1, 0.15) is 18.5 Å². The van der Waals surface area contributed by atoms with Gasteiger partial charge in [0.15, 0.2) is 0 Å². The summed E-state index contributed by atoms with van der Waals surface area (Å²) in [6.45, 7) is 2.62. The largest absolute Gasteiger partial charge is 0.481 e. The Morgan fingerprint density at radius 3 is 2.81 bits per heavy atom. The van der Waals surface area contributed by atoms with E-state index >= 15 is 0 Å². The predicted octanol–water partition coefficient (Wildman–Crippen LogP) is 0.910. The van der Waals surface area contributed by atoms with Crippen LogP contribution in [0.25, 0.3) is 0 Å². The summed E-state index contributed by atoms with van der Waals surface area (Å²) in [5.74, 6) is 1.13. The maximum Gasteiger partial charge on any atom is 0.320 e. The highest BCUT2D eigenvalue weighted by Gasteiger charge is 2.30. The Bertz CT molecular complexity index is 364. The molecule has 0 amide bonds.